The average molecular weight is 437 g/mol. The quantitative estimate of drug-likeness (QED) is 0.509. The maximum absolute atomic E-state index is 13.0. The summed E-state index contributed by atoms with van der Waals surface area (Å²) in [5.41, 5.74) is 6.19. The Bertz CT molecular complexity index is 572. The molecule has 4 saturated carbocycles. The Kier molecular flexibility index (Phi) is 6.10. The Morgan fingerprint density at radius 1 is 0.690 bits per heavy atom. The van der Waals surface area contributed by atoms with E-state index in [1.54, 1.807) is 0 Å². The van der Waals surface area contributed by atoms with Crippen molar-refractivity contribution in [3.63, 3.8) is 0 Å². The van der Waals surface area contributed by atoms with Crippen LogP contribution in [0.15, 0.2) is 0 Å². The van der Waals surface area contributed by atoms with Gasteiger partial charge in [-0.15, -0.1) is 0 Å². The lowest BCUT2D eigenvalue weighted by atomic mass is 9.54. The van der Waals surface area contributed by atoms with Gasteiger partial charge in [0.1, 0.15) is 0 Å². The fraction of sp³-hybridized carbons (Fsp3) is 0.958. The van der Waals surface area contributed by atoms with Crippen molar-refractivity contribution in [1.29, 1.82) is 0 Å². The number of nitrogens with zero attached hydrogens (tertiary/aromatic N) is 1. The fourth-order valence-corrected chi connectivity index (χ4v) is 9.49. The molecule has 0 spiro atoms. The highest BCUT2D eigenvalue weighted by molar-refractivity contribution is 7.80. The van der Waals surface area contributed by atoms with Crippen LogP contribution < -0.4 is 5.73 Å². The van der Waals surface area contributed by atoms with Gasteiger partial charge in [-0.1, -0.05) is 0 Å². The molecule has 3 nitrogen and oxygen atoms in total. The number of thiol groups is 2. The van der Waals surface area contributed by atoms with Crippen LogP contribution in [0, 0.1) is 47.3 Å². The second-order valence-electron chi connectivity index (χ2n) is 11.2. The molecule has 2 amide bonds. The molecule has 5 fully saturated rings. The predicted octanol–water partition coefficient (Wildman–Crippen LogP) is 5.25. The number of hydrogen-bond acceptors (Lipinski definition) is 3. The Balaban J connectivity index is 1.42. The zero-order valence-electron chi connectivity index (χ0n) is 17.8. The number of nitrogens with two attached hydrogens (primary N) is 1. The number of amides is 2. The molecule has 10 unspecified atom stereocenters. The van der Waals surface area contributed by atoms with Gasteiger partial charge in [-0.05, 0) is 129 Å². The van der Waals surface area contributed by atoms with E-state index < -0.39 is 0 Å². The monoisotopic (exact) mass is 436 g/mol. The number of likely N-dealkylation sites (tertiary alicyclic amines) is 1. The highest BCUT2D eigenvalue weighted by Crippen LogP contribution is 2.56. The first-order chi connectivity index (χ1) is 14.1. The van der Waals surface area contributed by atoms with Crippen LogP contribution in [0.3, 0.4) is 0 Å². The van der Waals surface area contributed by atoms with Gasteiger partial charge in [0.2, 0.25) is 0 Å². The topological polar surface area (TPSA) is 46.3 Å². The molecule has 5 heteroatoms. The highest BCUT2D eigenvalue weighted by atomic mass is 32.1. The van der Waals surface area contributed by atoms with Crippen molar-refractivity contribution in [3.8, 4) is 0 Å². The summed E-state index contributed by atoms with van der Waals surface area (Å²) in [6.07, 6.45) is 14.5. The fourth-order valence-electron chi connectivity index (χ4n) is 8.82. The molecule has 1 saturated heterocycles. The molecule has 0 radical (unpaired) electrons. The lowest BCUT2D eigenvalue weighted by Gasteiger charge is -2.61. The normalized spacial score (nSPS) is 49.4. The van der Waals surface area contributed by atoms with Gasteiger partial charge in [-0.2, -0.15) is 25.3 Å². The van der Waals surface area contributed by atoms with Crippen molar-refractivity contribution in [3.05, 3.63) is 0 Å². The second kappa shape index (κ2) is 8.48. The molecular formula is C24H40N2OS2. The molecule has 29 heavy (non-hydrogen) atoms. The van der Waals surface area contributed by atoms with Crippen LogP contribution in [0.5, 0.6) is 0 Å². The van der Waals surface area contributed by atoms with Gasteiger partial charge < -0.3 is 10.6 Å². The minimum Gasteiger partial charge on any atom is -0.351 e. The Morgan fingerprint density at radius 3 is 1.55 bits per heavy atom. The number of hydrogen-bond donors (Lipinski definition) is 3. The van der Waals surface area contributed by atoms with Crippen LogP contribution in [0.1, 0.15) is 70.6 Å². The van der Waals surface area contributed by atoms with E-state index in [-0.39, 0.29) is 6.03 Å². The van der Waals surface area contributed by atoms with E-state index in [2.05, 4.69) is 30.2 Å². The second-order valence-corrected chi connectivity index (χ2v) is 11.9. The van der Waals surface area contributed by atoms with Crippen molar-refractivity contribution >= 4 is 31.3 Å². The van der Waals surface area contributed by atoms with Gasteiger partial charge in [0.15, 0.2) is 0 Å². The number of piperidine rings is 1. The standard InChI is InChI=1S/C24H40N2OS2/c25-24(27)26-22-18(5-3-16-9-14(12-28)1-7-20(16)22)11-19-6-4-17-10-15(13-29)2-8-21(17)23(19)26/h14-23,28-29H,1-13H2,(H2,25,27). The van der Waals surface area contributed by atoms with Gasteiger partial charge in [0.05, 0.1) is 0 Å². The van der Waals surface area contributed by atoms with Gasteiger partial charge in [0.25, 0.3) is 0 Å². The molecule has 1 aliphatic heterocycles. The van der Waals surface area contributed by atoms with Gasteiger partial charge >= 0.3 is 6.03 Å². The molecule has 0 aromatic carbocycles. The van der Waals surface area contributed by atoms with Crippen LogP contribution in [0.4, 0.5) is 4.79 Å². The zero-order valence-corrected chi connectivity index (χ0v) is 19.6. The van der Waals surface area contributed by atoms with E-state index in [0.29, 0.717) is 35.8 Å². The van der Waals surface area contributed by atoms with Gasteiger partial charge in [0, 0.05) is 12.1 Å². The summed E-state index contributed by atoms with van der Waals surface area (Å²) >= 11 is 9.20. The van der Waals surface area contributed by atoms with Crippen molar-refractivity contribution in [2.75, 3.05) is 11.5 Å². The summed E-state index contributed by atoms with van der Waals surface area (Å²) in [6.45, 7) is 0. The molecule has 0 aromatic rings. The van der Waals surface area contributed by atoms with E-state index in [1.165, 1.54) is 70.6 Å². The molecule has 1 heterocycles. The molecule has 10 atom stereocenters. The molecule has 5 rings (SSSR count). The van der Waals surface area contributed by atoms with E-state index in [0.717, 1.165) is 35.2 Å². The maximum atomic E-state index is 13.0. The van der Waals surface area contributed by atoms with Crippen molar-refractivity contribution < 1.29 is 4.79 Å². The van der Waals surface area contributed by atoms with E-state index in [1.807, 2.05) is 0 Å². The SMILES string of the molecule is NC(=O)N1C2C(CCC3CC(CS)CCC32)CC2CCC3CC(CS)CCC3C21. The number of fused-ring (bicyclic) bond motifs is 6. The first-order valence-corrected chi connectivity index (χ1v) is 13.7. The third-order valence-corrected chi connectivity index (χ3v) is 11.0. The summed E-state index contributed by atoms with van der Waals surface area (Å²) in [5.74, 6) is 7.97. The van der Waals surface area contributed by atoms with Crippen LogP contribution in [-0.4, -0.2) is 34.5 Å². The first kappa shape index (κ1) is 20.8. The third kappa shape index (κ3) is 3.64. The van der Waals surface area contributed by atoms with Crippen molar-refractivity contribution in [2.45, 2.75) is 82.7 Å². The van der Waals surface area contributed by atoms with Crippen LogP contribution in [0.2, 0.25) is 0 Å². The summed E-state index contributed by atoms with van der Waals surface area (Å²) in [6, 6.07) is 0.744. The summed E-state index contributed by atoms with van der Waals surface area (Å²) < 4.78 is 0. The highest BCUT2D eigenvalue weighted by Gasteiger charge is 2.56. The molecule has 4 aliphatic carbocycles. The number of carbonyl (C=O) groups is 1. The number of carbonyl (C=O) groups excluding carboxylic acids is 1. The largest absolute Gasteiger partial charge is 0.351 e. The van der Waals surface area contributed by atoms with Crippen LogP contribution >= 0.6 is 25.3 Å². The Morgan fingerprint density at radius 2 is 1.14 bits per heavy atom. The zero-order chi connectivity index (χ0) is 20.1. The van der Waals surface area contributed by atoms with Crippen LogP contribution in [-0.2, 0) is 0 Å². The Hall–Kier alpha value is -0.0300. The molecule has 0 aromatic heterocycles. The molecule has 164 valence electrons. The third-order valence-electron chi connectivity index (χ3n) is 9.98. The molecule has 2 N–H and O–H groups in total. The summed E-state index contributed by atoms with van der Waals surface area (Å²) in [5, 5.41) is 0. The minimum atomic E-state index is -0.108. The predicted molar refractivity (Wildman–Crippen MR) is 125 cm³/mol. The van der Waals surface area contributed by atoms with Crippen molar-refractivity contribution in [2.24, 2.45) is 53.1 Å². The van der Waals surface area contributed by atoms with E-state index in [9.17, 15) is 4.79 Å². The summed E-state index contributed by atoms with van der Waals surface area (Å²) in [7, 11) is 0. The minimum absolute atomic E-state index is 0.108. The average Bonchev–Trinajstić information content (AvgIpc) is 2.76. The van der Waals surface area contributed by atoms with Crippen LogP contribution in [0.25, 0.3) is 0 Å². The number of rotatable bonds is 2. The van der Waals surface area contributed by atoms with Gasteiger partial charge in [-0.25, -0.2) is 4.79 Å². The Labute approximate surface area is 188 Å². The summed E-state index contributed by atoms with van der Waals surface area (Å²) in [4.78, 5) is 15.3. The molecule has 0 bridgehead atoms. The first-order valence-electron chi connectivity index (χ1n) is 12.4. The smallest absolute Gasteiger partial charge is 0.315 e. The lowest BCUT2D eigenvalue weighted by Crippen LogP contribution is -2.67. The van der Waals surface area contributed by atoms with Gasteiger partial charge in [-0.3, -0.25) is 0 Å². The number of urea groups is 1. The van der Waals surface area contributed by atoms with E-state index in [4.69, 9.17) is 5.73 Å². The van der Waals surface area contributed by atoms with Crippen molar-refractivity contribution in [1.82, 2.24) is 4.90 Å². The molecular weight excluding hydrogens is 396 g/mol. The maximum Gasteiger partial charge on any atom is 0.315 e. The molecule has 5 aliphatic rings. The number of primary amides is 1. The van der Waals surface area contributed by atoms with E-state index >= 15 is 0 Å². The lowest BCUT2D eigenvalue weighted by molar-refractivity contribution is -0.102.